The second-order valence-corrected chi connectivity index (χ2v) is 5.10. The van der Waals surface area contributed by atoms with Crippen LogP contribution in [0, 0.1) is 0 Å². The molecule has 0 fully saturated rings. The van der Waals surface area contributed by atoms with E-state index in [0.717, 1.165) is 29.1 Å². The maximum atomic E-state index is 5.88. The molecule has 0 spiro atoms. The largest absolute Gasteiger partial charge is 0.391 e. The molecule has 0 aliphatic carbocycles. The second-order valence-electron chi connectivity index (χ2n) is 4.67. The van der Waals surface area contributed by atoms with Crippen molar-refractivity contribution in [1.82, 2.24) is 0 Å². The highest BCUT2D eigenvalue weighted by Gasteiger charge is 2.22. The van der Waals surface area contributed by atoms with Crippen LogP contribution in [0.2, 0.25) is 5.02 Å². The second kappa shape index (κ2) is 5.45. The molecule has 2 nitrogen and oxygen atoms in total. The van der Waals surface area contributed by atoms with Crippen LogP contribution in [0.1, 0.15) is 17.5 Å². The van der Waals surface area contributed by atoms with Crippen molar-refractivity contribution in [2.24, 2.45) is 5.16 Å². The Balaban J connectivity index is 1.65. The van der Waals surface area contributed by atoms with Crippen LogP contribution < -0.4 is 0 Å². The Labute approximate surface area is 117 Å². The van der Waals surface area contributed by atoms with Crippen LogP contribution >= 0.6 is 11.6 Å². The third-order valence-electron chi connectivity index (χ3n) is 3.22. The SMILES string of the molecule is Clc1ccc(C2=NO[C@H](Cc3ccccc3)C2)cc1. The highest BCUT2D eigenvalue weighted by molar-refractivity contribution is 6.30. The molecule has 1 atom stereocenters. The molecule has 0 aromatic heterocycles. The molecule has 1 aliphatic heterocycles. The fourth-order valence-corrected chi connectivity index (χ4v) is 2.35. The molecule has 0 amide bonds. The first-order chi connectivity index (χ1) is 9.31. The lowest BCUT2D eigenvalue weighted by Gasteiger charge is -2.07. The van der Waals surface area contributed by atoms with E-state index in [1.165, 1.54) is 5.56 Å². The molecule has 1 aliphatic rings. The molecule has 1 heterocycles. The summed E-state index contributed by atoms with van der Waals surface area (Å²) < 4.78 is 0. The maximum Gasteiger partial charge on any atom is 0.137 e. The average molecular weight is 272 g/mol. The fraction of sp³-hybridized carbons (Fsp3) is 0.188. The Morgan fingerprint density at radius 3 is 2.53 bits per heavy atom. The van der Waals surface area contributed by atoms with Gasteiger partial charge in [0.1, 0.15) is 6.10 Å². The van der Waals surface area contributed by atoms with Crippen LogP contribution in [-0.4, -0.2) is 11.8 Å². The van der Waals surface area contributed by atoms with Gasteiger partial charge < -0.3 is 4.84 Å². The summed E-state index contributed by atoms with van der Waals surface area (Å²) >= 11 is 5.88. The molecular weight excluding hydrogens is 258 g/mol. The van der Waals surface area contributed by atoms with Gasteiger partial charge in [-0.2, -0.15) is 0 Å². The summed E-state index contributed by atoms with van der Waals surface area (Å²) in [5, 5.41) is 4.93. The zero-order chi connectivity index (χ0) is 13.1. The van der Waals surface area contributed by atoms with E-state index >= 15 is 0 Å². The monoisotopic (exact) mass is 271 g/mol. The minimum atomic E-state index is 0.132. The van der Waals surface area contributed by atoms with E-state index in [1.807, 2.05) is 42.5 Å². The Morgan fingerprint density at radius 1 is 1.05 bits per heavy atom. The molecule has 0 unspecified atom stereocenters. The van der Waals surface area contributed by atoms with E-state index in [1.54, 1.807) is 0 Å². The molecule has 0 saturated heterocycles. The third kappa shape index (κ3) is 2.96. The van der Waals surface area contributed by atoms with Crippen molar-refractivity contribution in [3.05, 3.63) is 70.7 Å². The van der Waals surface area contributed by atoms with Crippen molar-refractivity contribution in [2.45, 2.75) is 18.9 Å². The van der Waals surface area contributed by atoms with Crippen LogP contribution in [0.3, 0.4) is 0 Å². The normalized spacial score (nSPS) is 17.9. The smallest absolute Gasteiger partial charge is 0.137 e. The molecule has 96 valence electrons. The van der Waals surface area contributed by atoms with E-state index in [0.29, 0.717) is 0 Å². The van der Waals surface area contributed by atoms with Crippen LogP contribution in [0.4, 0.5) is 0 Å². The van der Waals surface area contributed by atoms with Crippen molar-refractivity contribution in [3.63, 3.8) is 0 Å². The van der Waals surface area contributed by atoms with Gasteiger partial charge in [0.25, 0.3) is 0 Å². The molecule has 2 aromatic rings. The van der Waals surface area contributed by atoms with Gasteiger partial charge in [-0.1, -0.05) is 59.2 Å². The zero-order valence-electron chi connectivity index (χ0n) is 10.4. The first-order valence-electron chi connectivity index (χ1n) is 6.34. The third-order valence-corrected chi connectivity index (χ3v) is 3.47. The molecule has 2 aromatic carbocycles. The van der Waals surface area contributed by atoms with Crippen molar-refractivity contribution < 1.29 is 4.84 Å². The maximum absolute atomic E-state index is 5.88. The number of nitrogens with zero attached hydrogens (tertiary/aromatic N) is 1. The number of benzene rings is 2. The van der Waals surface area contributed by atoms with E-state index in [-0.39, 0.29) is 6.10 Å². The molecule has 0 N–H and O–H groups in total. The standard InChI is InChI=1S/C16H14ClNO/c17-14-8-6-13(7-9-14)16-11-15(19-18-16)10-12-4-2-1-3-5-12/h1-9,15H,10-11H2/t15-/m1/s1. The van der Waals surface area contributed by atoms with Crippen molar-refractivity contribution in [3.8, 4) is 0 Å². The van der Waals surface area contributed by atoms with Crippen molar-refractivity contribution in [1.29, 1.82) is 0 Å². The van der Waals surface area contributed by atoms with Crippen molar-refractivity contribution in [2.75, 3.05) is 0 Å². The minimum absolute atomic E-state index is 0.132. The van der Waals surface area contributed by atoms with Gasteiger partial charge in [0.15, 0.2) is 0 Å². The predicted molar refractivity (Wildman–Crippen MR) is 77.6 cm³/mol. The summed E-state index contributed by atoms with van der Waals surface area (Å²) in [7, 11) is 0. The lowest BCUT2D eigenvalue weighted by molar-refractivity contribution is 0.0859. The van der Waals surface area contributed by atoms with Gasteiger partial charge in [0.2, 0.25) is 0 Å². The summed E-state index contributed by atoms with van der Waals surface area (Å²) in [6, 6.07) is 18.1. The highest BCUT2D eigenvalue weighted by atomic mass is 35.5. The van der Waals surface area contributed by atoms with Crippen LogP contribution in [-0.2, 0) is 11.3 Å². The summed E-state index contributed by atoms with van der Waals surface area (Å²) in [5.74, 6) is 0. The first-order valence-corrected chi connectivity index (χ1v) is 6.71. The minimum Gasteiger partial charge on any atom is -0.391 e. The van der Waals surface area contributed by atoms with Gasteiger partial charge in [0.05, 0.1) is 5.71 Å². The molecule has 0 saturated carbocycles. The van der Waals surface area contributed by atoms with Crippen molar-refractivity contribution >= 4 is 17.3 Å². The average Bonchev–Trinajstić information content (AvgIpc) is 2.89. The lowest BCUT2D eigenvalue weighted by atomic mass is 10.0. The highest BCUT2D eigenvalue weighted by Crippen LogP contribution is 2.21. The Hall–Kier alpha value is -1.80. The van der Waals surface area contributed by atoms with E-state index in [9.17, 15) is 0 Å². The number of oxime groups is 1. The Kier molecular flexibility index (Phi) is 3.51. The van der Waals surface area contributed by atoms with Gasteiger partial charge >= 0.3 is 0 Å². The quantitative estimate of drug-likeness (QED) is 0.824. The zero-order valence-corrected chi connectivity index (χ0v) is 11.2. The summed E-state index contributed by atoms with van der Waals surface area (Å²) in [6.45, 7) is 0. The van der Waals surface area contributed by atoms with E-state index in [2.05, 4.69) is 17.3 Å². The number of rotatable bonds is 3. The van der Waals surface area contributed by atoms with Gasteiger partial charge in [0, 0.05) is 17.9 Å². The van der Waals surface area contributed by atoms with E-state index in [4.69, 9.17) is 16.4 Å². The van der Waals surface area contributed by atoms with Crippen LogP contribution in [0.25, 0.3) is 0 Å². The molecule has 19 heavy (non-hydrogen) atoms. The molecule has 3 rings (SSSR count). The fourth-order valence-electron chi connectivity index (χ4n) is 2.23. The molecule has 0 bridgehead atoms. The van der Waals surface area contributed by atoms with Gasteiger partial charge in [-0.05, 0) is 23.3 Å². The predicted octanol–water partition coefficient (Wildman–Crippen LogP) is 4.08. The Bertz CT molecular complexity index is 577. The Morgan fingerprint density at radius 2 is 1.79 bits per heavy atom. The lowest BCUT2D eigenvalue weighted by Crippen LogP contribution is -2.11. The number of hydrogen-bond donors (Lipinski definition) is 0. The number of halogens is 1. The topological polar surface area (TPSA) is 21.6 Å². The molecule has 3 heteroatoms. The summed E-state index contributed by atoms with van der Waals surface area (Å²) in [4.78, 5) is 5.51. The van der Waals surface area contributed by atoms with Gasteiger partial charge in [-0.15, -0.1) is 0 Å². The summed E-state index contributed by atoms with van der Waals surface area (Å²) in [6.07, 6.45) is 1.87. The van der Waals surface area contributed by atoms with Gasteiger partial charge in [-0.25, -0.2) is 0 Å². The number of hydrogen-bond acceptors (Lipinski definition) is 2. The molecule has 0 radical (unpaired) electrons. The van der Waals surface area contributed by atoms with Crippen LogP contribution in [0.15, 0.2) is 59.8 Å². The van der Waals surface area contributed by atoms with Crippen LogP contribution in [0.5, 0.6) is 0 Å². The first kappa shape index (κ1) is 12.2. The van der Waals surface area contributed by atoms with Gasteiger partial charge in [-0.3, -0.25) is 0 Å². The summed E-state index contributed by atoms with van der Waals surface area (Å²) in [5.41, 5.74) is 3.36. The molecular formula is C16H14ClNO. The van der Waals surface area contributed by atoms with E-state index < -0.39 is 0 Å².